The Morgan fingerprint density at radius 3 is 2.68 bits per heavy atom. The summed E-state index contributed by atoms with van der Waals surface area (Å²) < 4.78 is 18.7. The molecular weight excluding hydrogens is 308 g/mol. The van der Waals surface area contributed by atoms with Crippen molar-refractivity contribution in [3.05, 3.63) is 46.1 Å². The van der Waals surface area contributed by atoms with Crippen LogP contribution in [0.4, 0.5) is 5.82 Å². The van der Waals surface area contributed by atoms with Crippen LogP contribution in [0.25, 0.3) is 0 Å². The van der Waals surface area contributed by atoms with Crippen molar-refractivity contribution in [3.8, 4) is 11.8 Å². The van der Waals surface area contributed by atoms with Crippen LogP contribution in [0.15, 0.2) is 35.6 Å². The molecule has 1 unspecified atom stereocenters. The number of imidazole rings is 1. The van der Waals surface area contributed by atoms with Crippen molar-refractivity contribution in [2.24, 2.45) is 7.05 Å². The van der Waals surface area contributed by atoms with E-state index in [4.69, 9.17) is 10.00 Å². The lowest BCUT2D eigenvalue weighted by Gasteiger charge is -2.05. The highest BCUT2D eigenvalue weighted by atomic mass is 32.2. The highest BCUT2D eigenvalue weighted by molar-refractivity contribution is 7.84. The van der Waals surface area contributed by atoms with E-state index in [1.165, 1.54) is 11.6 Å². The number of hydrogen-bond acceptors (Lipinski definition) is 6. The highest BCUT2D eigenvalue weighted by Crippen LogP contribution is 2.15. The van der Waals surface area contributed by atoms with E-state index in [0.29, 0.717) is 11.3 Å². The van der Waals surface area contributed by atoms with Crippen LogP contribution in [0, 0.1) is 21.4 Å². The number of nitro groups is 1. The van der Waals surface area contributed by atoms with E-state index in [1.54, 1.807) is 24.3 Å². The molecule has 2 rings (SSSR count). The van der Waals surface area contributed by atoms with Crippen molar-refractivity contribution in [3.63, 3.8) is 0 Å². The maximum absolute atomic E-state index is 12.1. The molecule has 0 saturated carbocycles. The molecule has 0 spiro atoms. The first kappa shape index (κ1) is 15.7. The Balaban J connectivity index is 1.93. The van der Waals surface area contributed by atoms with Crippen LogP contribution in [0.5, 0.6) is 5.75 Å². The summed E-state index contributed by atoms with van der Waals surface area (Å²) in [5.41, 5.74) is 0.524. The summed E-state index contributed by atoms with van der Waals surface area (Å²) in [6.07, 6.45) is 1.08. The van der Waals surface area contributed by atoms with Gasteiger partial charge in [0.1, 0.15) is 29.4 Å². The fourth-order valence-electron chi connectivity index (χ4n) is 1.72. The number of aromatic nitrogens is 2. The minimum atomic E-state index is -1.50. The lowest BCUT2D eigenvalue weighted by Crippen LogP contribution is -2.12. The van der Waals surface area contributed by atoms with E-state index < -0.39 is 15.7 Å². The fraction of sp³-hybridized carbons (Fsp3) is 0.231. The molecule has 0 fully saturated rings. The summed E-state index contributed by atoms with van der Waals surface area (Å²) in [5, 5.41) is 19.5. The predicted octanol–water partition coefficient (Wildman–Crippen LogP) is 1.39. The van der Waals surface area contributed by atoms with Crippen molar-refractivity contribution in [2.75, 3.05) is 12.4 Å². The molecule has 22 heavy (non-hydrogen) atoms. The molecule has 1 heterocycles. The normalized spacial score (nSPS) is 11.6. The highest BCUT2D eigenvalue weighted by Gasteiger charge is 2.21. The Hall–Kier alpha value is -2.73. The van der Waals surface area contributed by atoms with Gasteiger partial charge in [-0.25, -0.2) is 13.8 Å². The van der Waals surface area contributed by atoms with E-state index in [1.807, 2.05) is 6.07 Å². The van der Waals surface area contributed by atoms with Crippen molar-refractivity contribution >= 4 is 16.6 Å². The average molecular weight is 320 g/mol. The predicted molar refractivity (Wildman–Crippen MR) is 77.8 cm³/mol. The van der Waals surface area contributed by atoms with Crippen LogP contribution in [0.3, 0.4) is 0 Å². The minimum absolute atomic E-state index is 0.134. The van der Waals surface area contributed by atoms with Crippen LogP contribution in [-0.4, -0.2) is 31.0 Å². The minimum Gasteiger partial charge on any atom is -0.493 e. The van der Waals surface area contributed by atoms with E-state index in [2.05, 4.69) is 4.98 Å². The summed E-state index contributed by atoms with van der Waals surface area (Å²) in [4.78, 5) is 13.9. The SMILES string of the molecule is Cn1c([N+](=O)[O-])cnc1S(=O)CCOc1ccc(C#N)cc1. The number of ether oxygens (including phenoxy) is 1. The van der Waals surface area contributed by atoms with Gasteiger partial charge in [-0.3, -0.25) is 0 Å². The monoisotopic (exact) mass is 320 g/mol. The molecule has 0 radical (unpaired) electrons. The topological polar surface area (TPSA) is 111 Å². The number of nitrogens with zero attached hydrogens (tertiary/aromatic N) is 4. The molecule has 8 nitrogen and oxygen atoms in total. The number of hydrogen-bond donors (Lipinski definition) is 0. The van der Waals surface area contributed by atoms with Gasteiger partial charge in [0.2, 0.25) is 0 Å². The maximum Gasteiger partial charge on any atom is 0.343 e. The van der Waals surface area contributed by atoms with E-state index in [0.717, 1.165) is 6.20 Å². The molecule has 2 aromatic rings. The Bertz CT molecular complexity index is 748. The lowest BCUT2D eigenvalue weighted by molar-refractivity contribution is -0.392. The quantitative estimate of drug-likeness (QED) is 0.587. The van der Waals surface area contributed by atoms with Crippen molar-refractivity contribution in [1.82, 2.24) is 9.55 Å². The van der Waals surface area contributed by atoms with Gasteiger partial charge in [-0.05, 0) is 29.2 Å². The zero-order chi connectivity index (χ0) is 16.1. The second-order valence-electron chi connectivity index (χ2n) is 4.25. The largest absolute Gasteiger partial charge is 0.493 e. The van der Waals surface area contributed by atoms with Crippen LogP contribution >= 0.6 is 0 Å². The number of rotatable bonds is 6. The fourth-order valence-corrected chi connectivity index (χ4v) is 2.70. The molecule has 0 bridgehead atoms. The van der Waals surface area contributed by atoms with E-state index in [-0.39, 0.29) is 23.3 Å². The van der Waals surface area contributed by atoms with Crippen LogP contribution in [0.2, 0.25) is 0 Å². The van der Waals surface area contributed by atoms with Gasteiger partial charge in [-0.1, -0.05) is 0 Å². The summed E-state index contributed by atoms with van der Waals surface area (Å²) in [6, 6.07) is 8.53. The first-order chi connectivity index (χ1) is 10.5. The Kier molecular flexibility index (Phi) is 4.85. The van der Waals surface area contributed by atoms with Gasteiger partial charge < -0.3 is 14.9 Å². The van der Waals surface area contributed by atoms with E-state index >= 15 is 0 Å². The van der Waals surface area contributed by atoms with Gasteiger partial charge in [-0.2, -0.15) is 5.26 Å². The molecular formula is C13H12N4O4S. The standard InChI is InChI=1S/C13H12N4O4S/c1-16-12(17(18)19)9-15-13(16)22(20)7-6-21-11-4-2-10(8-14)3-5-11/h2-5,9H,6-7H2,1H3. The molecule has 0 aliphatic heterocycles. The first-order valence-electron chi connectivity index (χ1n) is 6.20. The van der Waals surface area contributed by atoms with Crippen molar-refractivity contribution < 1.29 is 13.9 Å². The smallest absolute Gasteiger partial charge is 0.343 e. The van der Waals surface area contributed by atoms with Gasteiger partial charge in [0.05, 0.1) is 24.4 Å². The second-order valence-corrected chi connectivity index (χ2v) is 5.71. The molecule has 114 valence electrons. The van der Waals surface area contributed by atoms with Gasteiger partial charge >= 0.3 is 5.82 Å². The zero-order valence-electron chi connectivity index (χ0n) is 11.6. The summed E-state index contributed by atoms with van der Waals surface area (Å²) in [7, 11) is -0.0560. The molecule has 0 amide bonds. The van der Waals surface area contributed by atoms with Gasteiger partial charge in [0.25, 0.3) is 5.16 Å². The average Bonchev–Trinajstić information content (AvgIpc) is 2.90. The Morgan fingerprint density at radius 2 is 2.14 bits per heavy atom. The second kappa shape index (κ2) is 6.82. The van der Waals surface area contributed by atoms with E-state index in [9.17, 15) is 14.3 Å². The van der Waals surface area contributed by atoms with Crippen molar-refractivity contribution in [2.45, 2.75) is 5.16 Å². The first-order valence-corrected chi connectivity index (χ1v) is 7.52. The van der Waals surface area contributed by atoms with Crippen molar-refractivity contribution in [1.29, 1.82) is 5.26 Å². The summed E-state index contributed by atoms with van der Waals surface area (Å²) in [5.74, 6) is 0.500. The molecule has 1 aromatic carbocycles. The molecule has 0 aliphatic carbocycles. The summed E-state index contributed by atoms with van der Waals surface area (Å²) >= 11 is 0. The molecule has 0 aliphatic rings. The van der Waals surface area contributed by atoms with Crippen LogP contribution in [0.1, 0.15) is 5.56 Å². The van der Waals surface area contributed by atoms with Gasteiger partial charge in [-0.15, -0.1) is 0 Å². The molecule has 1 aromatic heterocycles. The number of benzene rings is 1. The molecule has 9 heteroatoms. The third-order valence-electron chi connectivity index (χ3n) is 2.83. The molecule has 0 saturated heterocycles. The number of nitriles is 1. The summed E-state index contributed by atoms with van der Waals surface area (Å²) in [6.45, 7) is 0.166. The Morgan fingerprint density at radius 1 is 1.45 bits per heavy atom. The third-order valence-corrected chi connectivity index (χ3v) is 4.16. The Labute approximate surface area is 128 Å². The molecule has 1 atom stereocenters. The third kappa shape index (κ3) is 3.48. The maximum atomic E-state index is 12.1. The molecule has 0 N–H and O–H groups in total. The van der Waals surface area contributed by atoms with Gasteiger partial charge in [0.15, 0.2) is 0 Å². The van der Waals surface area contributed by atoms with Gasteiger partial charge in [0, 0.05) is 0 Å². The zero-order valence-corrected chi connectivity index (χ0v) is 12.4. The van der Waals surface area contributed by atoms with Crippen LogP contribution in [-0.2, 0) is 17.8 Å². The van der Waals surface area contributed by atoms with Crippen LogP contribution < -0.4 is 4.74 Å². The lowest BCUT2D eigenvalue weighted by atomic mass is 10.2.